The molecule has 2 heteroatoms. The Morgan fingerprint density at radius 3 is 2.21 bits per heavy atom. The summed E-state index contributed by atoms with van der Waals surface area (Å²) in [5, 5.41) is 0. The summed E-state index contributed by atoms with van der Waals surface area (Å²) in [6.45, 7) is 4.00. The second kappa shape index (κ2) is 13.6. The standard InChI is InChI=1S/C43H34N2.C2H6/c1-2-8-17-31(16-7-1)36-27-40(33-20-11-5-12-21-33)44-41(28-36)34-22-15-23-35(26-34)42-29-38(32-18-9-3-4-10-19-32)39-30-43(39,45-42)37-24-13-6-14-25-37;1-2/h1-9,11-16,18-29,39H,10,17,30H2;1-2H3. The Kier molecular flexibility index (Phi) is 8.75. The lowest BCUT2D eigenvalue weighted by atomic mass is 9.88. The van der Waals surface area contributed by atoms with Crippen LogP contribution in [-0.2, 0) is 5.54 Å². The largest absolute Gasteiger partial charge is 0.273 e. The molecule has 1 saturated carbocycles. The van der Waals surface area contributed by atoms with Crippen LogP contribution in [0.25, 0.3) is 28.1 Å². The summed E-state index contributed by atoms with van der Waals surface area (Å²) in [6.07, 6.45) is 27.1. The van der Waals surface area contributed by atoms with E-state index in [1.54, 1.807) is 0 Å². The second-order valence-corrected chi connectivity index (χ2v) is 12.1. The Balaban J connectivity index is 0.00000172. The lowest BCUT2D eigenvalue weighted by Gasteiger charge is -2.23. The zero-order valence-corrected chi connectivity index (χ0v) is 27.2. The minimum absolute atomic E-state index is 0.212. The first-order valence-electron chi connectivity index (χ1n) is 16.9. The van der Waals surface area contributed by atoms with Crippen molar-refractivity contribution in [2.75, 3.05) is 0 Å². The van der Waals surface area contributed by atoms with Crippen LogP contribution in [0.4, 0.5) is 0 Å². The van der Waals surface area contributed by atoms with Gasteiger partial charge < -0.3 is 0 Å². The molecule has 1 fully saturated rings. The SMILES string of the molecule is C1=CC=C(c2cc(-c3ccccc3)nc(-c3cccc(C4=NC5(c6ccccc6)CC5C(C5=CCC=CC=C5)=C4)c3)c2)CC=C1.CC. The predicted molar refractivity (Wildman–Crippen MR) is 199 cm³/mol. The van der Waals surface area contributed by atoms with E-state index in [1.807, 2.05) is 13.8 Å². The fourth-order valence-electron chi connectivity index (χ4n) is 6.82. The Hall–Kier alpha value is -5.34. The lowest BCUT2D eigenvalue weighted by molar-refractivity contribution is 0.678. The molecule has 2 unspecified atom stereocenters. The third-order valence-electron chi connectivity index (χ3n) is 9.24. The van der Waals surface area contributed by atoms with Crippen LogP contribution in [-0.4, -0.2) is 10.7 Å². The number of hydrogen-bond donors (Lipinski definition) is 0. The first kappa shape index (κ1) is 30.3. The van der Waals surface area contributed by atoms with Gasteiger partial charge in [0, 0.05) is 22.6 Å². The van der Waals surface area contributed by atoms with Gasteiger partial charge in [-0.1, -0.05) is 153 Å². The molecule has 0 N–H and O–H groups in total. The van der Waals surface area contributed by atoms with E-state index < -0.39 is 0 Å². The number of rotatable bonds is 6. The van der Waals surface area contributed by atoms with E-state index in [4.69, 9.17) is 9.98 Å². The van der Waals surface area contributed by atoms with Crippen molar-refractivity contribution in [3.05, 3.63) is 192 Å². The number of aliphatic imine (C=N–C) groups is 1. The van der Waals surface area contributed by atoms with Crippen molar-refractivity contribution in [2.45, 2.75) is 38.6 Å². The van der Waals surface area contributed by atoms with E-state index in [1.165, 1.54) is 27.8 Å². The number of aromatic nitrogens is 1. The lowest BCUT2D eigenvalue weighted by Crippen LogP contribution is -2.18. The molecule has 0 saturated heterocycles. The molecule has 2 heterocycles. The monoisotopic (exact) mass is 608 g/mol. The Morgan fingerprint density at radius 1 is 0.660 bits per heavy atom. The zero-order chi connectivity index (χ0) is 32.1. The predicted octanol–water partition coefficient (Wildman–Crippen LogP) is 11.4. The molecule has 230 valence electrons. The summed E-state index contributed by atoms with van der Waals surface area (Å²) in [7, 11) is 0. The highest BCUT2D eigenvalue weighted by Crippen LogP contribution is 2.62. The van der Waals surface area contributed by atoms with E-state index in [0.29, 0.717) is 5.92 Å². The van der Waals surface area contributed by atoms with Crippen LogP contribution in [0.2, 0.25) is 0 Å². The van der Waals surface area contributed by atoms with E-state index in [2.05, 4.69) is 164 Å². The van der Waals surface area contributed by atoms with Crippen LogP contribution in [0.15, 0.2) is 180 Å². The van der Waals surface area contributed by atoms with Gasteiger partial charge in [0.05, 0.1) is 22.6 Å². The van der Waals surface area contributed by atoms with Gasteiger partial charge in [-0.2, -0.15) is 0 Å². The van der Waals surface area contributed by atoms with Crippen molar-refractivity contribution in [2.24, 2.45) is 10.9 Å². The molecule has 3 aliphatic carbocycles. The summed E-state index contributed by atoms with van der Waals surface area (Å²) in [5.41, 5.74) is 12.6. The maximum absolute atomic E-state index is 5.53. The Labute approximate surface area is 279 Å². The van der Waals surface area contributed by atoms with Gasteiger partial charge in [0.25, 0.3) is 0 Å². The van der Waals surface area contributed by atoms with Gasteiger partial charge in [0.15, 0.2) is 0 Å². The number of allylic oxidation sites excluding steroid dienone is 13. The molecule has 8 rings (SSSR count). The molecule has 4 aromatic rings. The van der Waals surface area contributed by atoms with Crippen molar-refractivity contribution in [3.8, 4) is 22.5 Å². The van der Waals surface area contributed by atoms with E-state index in [9.17, 15) is 0 Å². The minimum atomic E-state index is -0.212. The fraction of sp³-hybridized carbons (Fsp3) is 0.156. The molecular weight excluding hydrogens is 569 g/mol. The number of fused-ring (bicyclic) bond motifs is 1. The van der Waals surface area contributed by atoms with Crippen molar-refractivity contribution >= 4 is 11.3 Å². The molecule has 0 amide bonds. The second-order valence-electron chi connectivity index (χ2n) is 12.1. The molecule has 0 spiro atoms. The summed E-state index contributed by atoms with van der Waals surface area (Å²) in [4.78, 5) is 10.7. The van der Waals surface area contributed by atoms with Crippen LogP contribution in [0, 0.1) is 5.92 Å². The quantitative estimate of drug-likeness (QED) is 0.214. The number of dihydropyridines is 1. The zero-order valence-electron chi connectivity index (χ0n) is 27.2. The topological polar surface area (TPSA) is 25.2 Å². The first-order chi connectivity index (χ1) is 23.3. The Bertz CT molecular complexity index is 2010. The van der Waals surface area contributed by atoms with Gasteiger partial charge in [-0.25, -0.2) is 4.98 Å². The number of benzene rings is 3. The van der Waals surface area contributed by atoms with Crippen LogP contribution < -0.4 is 0 Å². The summed E-state index contributed by atoms with van der Waals surface area (Å²) >= 11 is 0. The average molecular weight is 609 g/mol. The maximum Gasteiger partial charge on any atom is 0.0940 e. The third kappa shape index (κ3) is 6.24. The molecule has 1 aromatic heterocycles. The van der Waals surface area contributed by atoms with Gasteiger partial charge in [-0.3, -0.25) is 4.99 Å². The van der Waals surface area contributed by atoms with Gasteiger partial charge in [0.1, 0.15) is 0 Å². The highest BCUT2D eigenvalue weighted by molar-refractivity contribution is 6.11. The third-order valence-corrected chi connectivity index (χ3v) is 9.24. The van der Waals surface area contributed by atoms with Gasteiger partial charge in [-0.05, 0) is 71.4 Å². The van der Waals surface area contributed by atoms with Crippen LogP contribution in [0.1, 0.15) is 49.8 Å². The molecule has 47 heavy (non-hydrogen) atoms. The molecule has 3 aromatic carbocycles. The van der Waals surface area contributed by atoms with Crippen molar-refractivity contribution in [3.63, 3.8) is 0 Å². The van der Waals surface area contributed by atoms with Crippen LogP contribution in [0.3, 0.4) is 0 Å². The van der Waals surface area contributed by atoms with E-state index in [-0.39, 0.29) is 5.54 Å². The van der Waals surface area contributed by atoms with Crippen molar-refractivity contribution in [1.82, 2.24) is 4.98 Å². The van der Waals surface area contributed by atoms with Crippen LogP contribution in [0.5, 0.6) is 0 Å². The summed E-state index contributed by atoms with van der Waals surface area (Å²) in [6, 6.07) is 34.6. The van der Waals surface area contributed by atoms with Crippen LogP contribution >= 0.6 is 0 Å². The molecule has 0 bridgehead atoms. The smallest absolute Gasteiger partial charge is 0.0940 e. The van der Waals surface area contributed by atoms with Gasteiger partial charge in [-0.15, -0.1) is 0 Å². The molecule has 0 radical (unpaired) electrons. The summed E-state index contributed by atoms with van der Waals surface area (Å²) < 4.78 is 0. The Morgan fingerprint density at radius 2 is 1.38 bits per heavy atom. The van der Waals surface area contributed by atoms with E-state index >= 15 is 0 Å². The highest BCUT2D eigenvalue weighted by atomic mass is 15.0. The highest BCUT2D eigenvalue weighted by Gasteiger charge is 2.59. The average Bonchev–Trinajstić information content (AvgIpc) is 3.98. The van der Waals surface area contributed by atoms with Gasteiger partial charge in [0.2, 0.25) is 0 Å². The van der Waals surface area contributed by atoms with E-state index in [0.717, 1.165) is 53.1 Å². The molecular formula is C45H40N2. The molecule has 2 nitrogen and oxygen atoms in total. The maximum atomic E-state index is 5.53. The molecule has 4 aliphatic rings. The minimum Gasteiger partial charge on any atom is -0.273 e. The van der Waals surface area contributed by atoms with Crippen molar-refractivity contribution < 1.29 is 0 Å². The fourth-order valence-corrected chi connectivity index (χ4v) is 6.82. The number of nitrogens with zero attached hydrogens (tertiary/aromatic N) is 2. The summed E-state index contributed by atoms with van der Waals surface area (Å²) in [5.74, 6) is 0.392. The van der Waals surface area contributed by atoms with Gasteiger partial charge >= 0.3 is 0 Å². The molecule has 2 atom stereocenters. The molecule has 1 aliphatic heterocycles. The number of hydrogen-bond acceptors (Lipinski definition) is 2. The van der Waals surface area contributed by atoms with Crippen molar-refractivity contribution in [1.29, 1.82) is 0 Å². The number of pyridine rings is 1. The first-order valence-corrected chi connectivity index (χ1v) is 16.9. The normalized spacial score (nSPS) is 20.8.